The molecule has 1 N–H and O–H groups in total. The van der Waals surface area contributed by atoms with E-state index in [1.807, 2.05) is 10.6 Å². The zero-order chi connectivity index (χ0) is 11.5. The Morgan fingerprint density at radius 3 is 3.00 bits per heavy atom. The largest absolute Gasteiger partial charge is 0.363 e. The van der Waals surface area contributed by atoms with Crippen LogP contribution in [0.5, 0.6) is 0 Å². The number of nitrogens with zero attached hydrogens (tertiary/aromatic N) is 4. The van der Waals surface area contributed by atoms with Gasteiger partial charge in [-0.2, -0.15) is 0 Å². The second-order valence-electron chi connectivity index (χ2n) is 3.99. The summed E-state index contributed by atoms with van der Waals surface area (Å²) in [6.45, 7) is 4.23. The molecule has 0 radical (unpaired) electrons. The number of rotatable bonds is 4. The molecule has 16 heavy (non-hydrogen) atoms. The van der Waals surface area contributed by atoms with Gasteiger partial charge in [0.25, 0.3) is 0 Å². The van der Waals surface area contributed by atoms with Crippen LogP contribution in [-0.2, 0) is 0 Å². The van der Waals surface area contributed by atoms with Gasteiger partial charge >= 0.3 is 0 Å². The Hall–Kier alpha value is -1.36. The van der Waals surface area contributed by atoms with Crippen molar-refractivity contribution in [2.75, 3.05) is 11.2 Å². The first-order valence-corrected chi connectivity index (χ1v) is 5.72. The standard InChI is InChI=1S/C10H14ClN5/c1-7(2)8(5-11)14-9-10-15-13-6-16(10)4-3-12-9/h3-4,6-8H,5H2,1-2H3,(H,12,14). The molecule has 86 valence electrons. The molecule has 0 spiro atoms. The average molecular weight is 240 g/mol. The van der Waals surface area contributed by atoms with Gasteiger partial charge in [0, 0.05) is 24.3 Å². The summed E-state index contributed by atoms with van der Waals surface area (Å²) in [6, 6.07) is 0.178. The molecule has 0 aliphatic carbocycles. The Bertz CT molecular complexity index is 467. The summed E-state index contributed by atoms with van der Waals surface area (Å²) in [5, 5.41) is 11.1. The summed E-state index contributed by atoms with van der Waals surface area (Å²) < 4.78 is 1.82. The van der Waals surface area contributed by atoms with Crippen LogP contribution in [0.1, 0.15) is 13.8 Å². The number of aromatic nitrogens is 4. The van der Waals surface area contributed by atoms with E-state index >= 15 is 0 Å². The number of halogens is 1. The first-order chi connectivity index (χ1) is 7.72. The van der Waals surface area contributed by atoms with Gasteiger partial charge in [0.2, 0.25) is 5.65 Å². The Balaban J connectivity index is 2.29. The van der Waals surface area contributed by atoms with E-state index in [0.717, 1.165) is 11.5 Å². The number of nitrogens with one attached hydrogen (secondary N) is 1. The number of anilines is 1. The van der Waals surface area contributed by atoms with Crippen LogP contribution in [0.4, 0.5) is 5.82 Å². The van der Waals surface area contributed by atoms with Gasteiger partial charge < -0.3 is 5.32 Å². The third kappa shape index (κ3) is 2.09. The molecule has 5 nitrogen and oxygen atoms in total. The number of fused-ring (bicyclic) bond motifs is 1. The maximum absolute atomic E-state index is 5.90. The minimum atomic E-state index is 0.178. The quantitative estimate of drug-likeness (QED) is 0.827. The highest BCUT2D eigenvalue weighted by Gasteiger charge is 2.14. The van der Waals surface area contributed by atoms with Crippen molar-refractivity contribution >= 4 is 23.1 Å². The summed E-state index contributed by atoms with van der Waals surface area (Å²) in [6.07, 6.45) is 5.17. The molecular weight excluding hydrogens is 226 g/mol. The van der Waals surface area contributed by atoms with Gasteiger partial charge in [-0.25, -0.2) is 4.98 Å². The highest BCUT2D eigenvalue weighted by Crippen LogP contribution is 2.15. The van der Waals surface area contributed by atoms with E-state index < -0.39 is 0 Å². The molecule has 0 saturated heterocycles. The van der Waals surface area contributed by atoms with Crippen LogP contribution in [-0.4, -0.2) is 31.5 Å². The maximum atomic E-state index is 5.90. The highest BCUT2D eigenvalue weighted by atomic mass is 35.5. The lowest BCUT2D eigenvalue weighted by atomic mass is 10.1. The second-order valence-corrected chi connectivity index (χ2v) is 4.30. The predicted octanol–water partition coefficient (Wildman–Crippen LogP) is 1.80. The van der Waals surface area contributed by atoms with Crippen molar-refractivity contribution in [3.05, 3.63) is 18.7 Å². The summed E-state index contributed by atoms with van der Waals surface area (Å²) in [7, 11) is 0. The van der Waals surface area contributed by atoms with Crippen molar-refractivity contribution in [1.29, 1.82) is 0 Å². The van der Waals surface area contributed by atoms with Crippen LogP contribution in [0.2, 0.25) is 0 Å². The van der Waals surface area contributed by atoms with Crippen LogP contribution in [0.3, 0.4) is 0 Å². The first-order valence-electron chi connectivity index (χ1n) is 5.19. The Kier molecular flexibility index (Phi) is 3.24. The first kappa shape index (κ1) is 11.1. The molecule has 0 aliphatic heterocycles. The SMILES string of the molecule is CC(C)C(CCl)Nc1nccn2cnnc12. The predicted molar refractivity (Wildman–Crippen MR) is 63.8 cm³/mol. The Morgan fingerprint density at radius 2 is 2.31 bits per heavy atom. The van der Waals surface area contributed by atoms with Crippen LogP contribution < -0.4 is 5.32 Å². The van der Waals surface area contributed by atoms with E-state index in [0.29, 0.717) is 11.8 Å². The average Bonchev–Trinajstić information content (AvgIpc) is 2.73. The lowest BCUT2D eigenvalue weighted by Gasteiger charge is -2.20. The summed E-state index contributed by atoms with van der Waals surface area (Å²) in [5.41, 5.74) is 0.721. The van der Waals surface area contributed by atoms with Crippen molar-refractivity contribution in [2.24, 2.45) is 5.92 Å². The lowest BCUT2D eigenvalue weighted by Crippen LogP contribution is -2.28. The van der Waals surface area contributed by atoms with Crippen molar-refractivity contribution in [3.63, 3.8) is 0 Å². The minimum Gasteiger partial charge on any atom is -0.363 e. The lowest BCUT2D eigenvalue weighted by molar-refractivity contribution is 0.563. The zero-order valence-corrected chi connectivity index (χ0v) is 10.0. The molecule has 0 aromatic carbocycles. The van der Waals surface area contributed by atoms with E-state index in [-0.39, 0.29) is 6.04 Å². The Morgan fingerprint density at radius 1 is 1.50 bits per heavy atom. The molecule has 0 fully saturated rings. The normalized spacial score (nSPS) is 13.2. The van der Waals surface area contributed by atoms with E-state index in [1.165, 1.54) is 0 Å². The van der Waals surface area contributed by atoms with Crippen LogP contribution in [0, 0.1) is 5.92 Å². The monoisotopic (exact) mass is 239 g/mol. The molecule has 2 rings (SSSR count). The molecule has 1 atom stereocenters. The van der Waals surface area contributed by atoms with Gasteiger partial charge in [0.1, 0.15) is 6.33 Å². The number of hydrogen-bond donors (Lipinski definition) is 1. The van der Waals surface area contributed by atoms with Gasteiger partial charge in [0.05, 0.1) is 0 Å². The Labute approximate surface area is 98.9 Å². The van der Waals surface area contributed by atoms with Crippen molar-refractivity contribution in [1.82, 2.24) is 19.6 Å². The molecule has 0 amide bonds. The summed E-state index contributed by atoms with van der Waals surface area (Å²) in [5.74, 6) is 1.69. The minimum absolute atomic E-state index is 0.178. The molecule has 0 bridgehead atoms. The fraction of sp³-hybridized carbons (Fsp3) is 0.500. The molecule has 0 saturated carbocycles. The van der Waals surface area contributed by atoms with E-state index in [4.69, 9.17) is 11.6 Å². The summed E-state index contributed by atoms with van der Waals surface area (Å²) >= 11 is 5.90. The number of hydrogen-bond acceptors (Lipinski definition) is 4. The fourth-order valence-corrected chi connectivity index (χ4v) is 1.85. The molecule has 6 heteroatoms. The fourth-order valence-electron chi connectivity index (χ4n) is 1.42. The van der Waals surface area contributed by atoms with Crippen molar-refractivity contribution in [3.8, 4) is 0 Å². The van der Waals surface area contributed by atoms with Gasteiger partial charge in [-0.15, -0.1) is 21.8 Å². The highest BCUT2D eigenvalue weighted by molar-refractivity contribution is 6.18. The van der Waals surface area contributed by atoms with Crippen LogP contribution in [0.15, 0.2) is 18.7 Å². The third-order valence-corrected chi connectivity index (χ3v) is 2.84. The van der Waals surface area contributed by atoms with Crippen LogP contribution >= 0.6 is 11.6 Å². The molecule has 2 aromatic rings. The summed E-state index contributed by atoms with van der Waals surface area (Å²) in [4.78, 5) is 4.26. The van der Waals surface area contributed by atoms with Gasteiger partial charge in [-0.1, -0.05) is 13.8 Å². The number of alkyl halides is 1. The van der Waals surface area contributed by atoms with Gasteiger partial charge in [-0.3, -0.25) is 4.40 Å². The second kappa shape index (κ2) is 4.65. The van der Waals surface area contributed by atoms with E-state index in [2.05, 4.69) is 34.3 Å². The molecule has 2 heterocycles. The molecule has 1 unspecified atom stereocenters. The smallest absolute Gasteiger partial charge is 0.203 e. The van der Waals surface area contributed by atoms with E-state index in [9.17, 15) is 0 Å². The van der Waals surface area contributed by atoms with Crippen LogP contribution in [0.25, 0.3) is 5.65 Å². The topological polar surface area (TPSA) is 55.1 Å². The maximum Gasteiger partial charge on any atom is 0.203 e. The third-order valence-electron chi connectivity index (χ3n) is 2.51. The van der Waals surface area contributed by atoms with E-state index in [1.54, 1.807) is 12.5 Å². The molecular formula is C10H14ClN5. The van der Waals surface area contributed by atoms with Crippen molar-refractivity contribution < 1.29 is 0 Å². The van der Waals surface area contributed by atoms with Gasteiger partial charge in [0.15, 0.2) is 5.82 Å². The molecule has 0 aliphatic rings. The zero-order valence-electron chi connectivity index (χ0n) is 9.26. The van der Waals surface area contributed by atoms with Crippen molar-refractivity contribution in [2.45, 2.75) is 19.9 Å². The molecule has 2 aromatic heterocycles. The van der Waals surface area contributed by atoms with Gasteiger partial charge in [-0.05, 0) is 5.92 Å².